The fourth-order valence-electron chi connectivity index (χ4n) is 2.23. The molecule has 0 saturated carbocycles. The average molecular weight is 324 g/mol. The van der Waals surface area contributed by atoms with E-state index in [0.717, 1.165) is 6.07 Å². The van der Waals surface area contributed by atoms with Crippen LogP contribution in [0.4, 0.5) is 13.2 Å². The maximum Gasteiger partial charge on any atom is 0.417 e. The van der Waals surface area contributed by atoms with Crippen molar-refractivity contribution < 1.29 is 27.4 Å². The van der Waals surface area contributed by atoms with Crippen LogP contribution >= 0.6 is 0 Å². The zero-order valence-corrected chi connectivity index (χ0v) is 12.6. The first-order valence-electron chi connectivity index (χ1n) is 6.90. The van der Waals surface area contributed by atoms with Gasteiger partial charge in [0.1, 0.15) is 5.75 Å². The number of carbonyl (C=O) groups is 1. The summed E-state index contributed by atoms with van der Waals surface area (Å²) in [4.78, 5) is 12.1. The highest BCUT2D eigenvalue weighted by molar-refractivity contribution is 5.98. The first-order valence-corrected chi connectivity index (χ1v) is 6.90. The van der Waals surface area contributed by atoms with Gasteiger partial charge in [-0.15, -0.1) is 0 Å². The predicted molar refractivity (Wildman–Crippen MR) is 79.4 cm³/mol. The lowest BCUT2D eigenvalue weighted by atomic mass is 9.94. The highest BCUT2D eigenvalue weighted by Gasteiger charge is 2.34. The molecule has 0 amide bonds. The summed E-state index contributed by atoms with van der Waals surface area (Å²) in [6, 6.07) is 9.39. The second kappa shape index (κ2) is 6.73. The minimum atomic E-state index is -4.54. The molecule has 0 heterocycles. The predicted octanol–water partition coefficient (Wildman–Crippen LogP) is 4.56. The lowest BCUT2D eigenvalue weighted by Crippen LogP contribution is -2.10. The van der Waals surface area contributed by atoms with Gasteiger partial charge in [-0.1, -0.05) is 18.2 Å². The van der Waals surface area contributed by atoms with Gasteiger partial charge >= 0.3 is 12.1 Å². The van der Waals surface area contributed by atoms with Crippen molar-refractivity contribution in [3.8, 4) is 16.9 Å². The molecule has 0 spiro atoms. The summed E-state index contributed by atoms with van der Waals surface area (Å²) in [5.74, 6) is -0.327. The van der Waals surface area contributed by atoms with Crippen molar-refractivity contribution in [1.82, 2.24) is 0 Å². The van der Waals surface area contributed by atoms with E-state index in [-0.39, 0.29) is 23.3 Å². The SMILES string of the molecule is CCOC(=O)c1ccc(OC)cc1-c1ccccc1C(F)(F)F. The molecule has 0 aromatic heterocycles. The Bertz CT molecular complexity index is 708. The second-order valence-electron chi connectivity index (χ2n) is 4.68. The summed E-state index contributed by atoms with van der Waals surface area (Å²) < 4.78 is 49.7. The number of halogens is 3. The number of benzene rings is 2. The van der Waals surface area contributed by atoms with Crippen LogP contribution in [0, 0.1) is 0 Å². The first-order chi connectivity index (χ1) is 10.9. The van der Waals surface area contributed by atoms with Crippen LogP contribution in [-0.4, -0.2) is 19.7 Å². The molecular formula is C17H15F3O3. The van der Waals surface area contributed by atoms with Crippen LogP contribution in [0.3, 0.4) is 0 Å². The highest BCUT2D eigenvalue weighted by atomic mass is 19.4. The number of hydrogen-bond acceptors (Lipinski definition) is 3. The van der Waals surface area contributed by atoms with Gasteiger partial charge in [-0.05, 0) is 36.8 Å². The van der Waals surface area contributed by atoms with E-state index in [9.17, 15) is 18.0 Å². The van der Waals surface area contributed by atoms with Crippen molar-refractivity contribution in [2.45, 2.75) is 13.1 Å². The summed E-state index contributed by atoms with van der Waals surface area (Å²) in [6.45, 7) is 1.76. The van der Waals surface area contributed by atoms with Gasteiger partial charge in [-0.3, -0.25) is 0 Å². The molecule has 6 heteroatoms. The van der Waals surface area contributed by atoms with Gasteiger partial charge in [0.05, 0.1) is 24.8 Å². The Balaban J connectivity index is 2.69. The fraction of sp³-hybridized carbons (Fsp3) is 0.235. The highest BCUT2D eigenvalue weighted by Crippen LogP contribution is 2.39. The second-order valence-corrected chi connectivity index (χ2v) is 4.68. The Hall–Kier alpha value is -2.50. The molecule has 0 bridgehead atoms. The summed E-state index contributed by atoms with van der Waals surface area (Å²) in [7, 11) is 1.40. The van der Waals surface area contributed by atoms with E-state index >= 15 is 0 Å². The number of rotatable bonds is 4. The Morgan fingerprint density at radius 2 is 1.78 bits per heavy atom. The third-order valence-electron chi connectivity index (χ3n) is 3.24. The van der Waals surface area contributed by atoms with Gasteiger partial charge in [-0.2, -0.15) is 13.2 Å². The van der Waals surface area contributed by atoms with E-state index in [4.69, 9.17) is 9.47 Å². The molecule has 122 valence electrons. The third-order valence-corrected chi connectivity index (χ3v) is 3.24. The van der Waals surface area contributed by atoms with Gasteiger partial charge in [-0.25, -0.2) is 4.79 Å². The van der Waals surface area contributed by atoms with Crippen LogP contribution in [0.1, 0.15) is 22.8 Å². The summed E-state index contributed by atoms with van der Waals surface area (Å²) in [5.41, 5.74) is -0.735. The van der Waals surface area contributed by atoms with Crippen LogP contribution in [0.15, 0.2) is 42.5 Å². The van der Waals surface area contributed by atoms with Crippen LogP contribution in [0.25, 0.3) is 11.1 Å². The first kappa shape index (κ1) is 16.9. The number of carbonyl (C=O) groups excluding carboxylic acids is 1. The van der Waals surface area contributed by atoms with E-state index in [1.165, 1.54) is 43.5 Å². The number of hydrogen-bond donors (Lipinski definition) is 0. The quantitative estimate of drug-likeness (QED) is 0.774. The van der Waals surface area contributed by atoms with Crippen LogP contribution in [-0.2, 0) is 10.9 Å². The Labute approximate surface area is 131 Å². The molecule has 0 unspecified atom stereocenters. The molecule has 2 rings (SSSR count). The monoisotopic (exact) mass is 324 g/mol. The lowest BCUT2D eigenvalue weighted by Gasteiger charge is -2.16. The molecule has 0 radical (unpaired) electrons. The van der Waals surface area contributed by atoms with Crippen molar-refractivity contribution in [1.29, 1.82) is 0 Å². The molecule has 0 aliphatic carbocycles. The number of esters is 1. The lowest BCUT2D eigenvalue weighted by molar-refractivity contribution is -0.137. The Morgan fingerprint density at radius 1 is 1.09 bits per heavy atom. The molecular weight excluding hydrogens is 309 g/mol. The minimum Gasteiger partial charge on any atom is -0.497 e. The fourth-order valence-corrected chi connectivity index (χ4v) is 2.23. The number of ether oxygens (including phenoxy) is 2. The maximum absolute atomic E-state index is 13.2. The summed E-state index contributed by atoms with van der Waals surface area (Å²) in [6.07, 6.45) is -4.54. The van der Waals surface area contributed by atoms with Gasteiger partial charge in [0.25, 0.3) is 0 Å². The van der Waals surface area contributed by atoms with E-state index in [2.05, 4.69) is 0 Å². The Morgan fingerprint density at radius 3 is 2.39 bits per heavy atom. The van der Waals surface area contributed by atoms with Crippen molar-refractivity contribution in [3.05, 3.63) is 53.6 Å². The summed E-state index contributed by atoms with van der Waals surface area (Å²) >= 11 is 0. The normalized spacial score (nSPS) is 11.2. The Kier molecular flexibility index (Phi) is 4.93. The molecule has 0 saturated heterocycles. The van der Waals surface area contributed by atoms with Gasteiger partial charge < -0.3 is 9.47 Å². The molecule has 23 heavy (non-hydrogen) atoms. The van der Waals surface area contributed by atoms with Crippen molar-refractivity contribution in [2.24, 2.45) is 0 Å². The maximum atomic E-state index is 13.2. The molecule has 0 aliphatic rings. The van der Waals surface area contributed by atoms with Crippen molar-refractivity contribution in [3.63, 3.8) is 0 Å². The molecule has 0 fully saturated rings. The van der Waals surface area contributed by atoms with Gasteiger partial charge in [0.15, 0.2) is 0 Å². The minimum absolute atomic E-state index is 0.0596. The van der Waals surface area contributed by atoms with E-state index < -0.39 is 17.7 Å². The smallest absolute Gasteiger partial charge is 0.417 e. The van der Waals surface area contributed by atoms with Gasteiger partial charge in [0, 0.05) is 5.56 Å². The van der Waals surface area contributed by atoms with Crippen LogP contribution in [0.2, 0.25) is 0 Å². The molecule has 2 aromatic rings. The third kappa shape index (κ3) is 3.64. The zero-order chi connectivity index (χ0) is 17.0. The van der Waals surface area contributed by atoms with Gasteiger partial charge in [0.2, 0.25) is 0 Å². The molecule has 0 atom stereocenters. The van der Waals surface area contributed by atoms with Crippen LogP contribution in [0.5, 0.6) is 5.75 Å². The molecule has 0 aliphatic heterocycles. The number of alkyl halides is 3. The van der Waals surface area contributed by atoms with E-state index in [1.54, 1.807) is 6.92 Å². The average Bonchev–Trinajstić information content (AvgIpc) is 2.53. The number of methoxy groups -OCH3 is 1. The topological polar surface area (TPSA) is 35.5 Å². The molecule has 3 nitrogen and oxygen atoms in total. The zero-order valence-electron chi connectivity index (χ0n) is 12.6. The molecule has 2 aromatic carbocycles. The van der Waals surface area contributed by atoms with Crippen molar-refractivity contribution >= 4 is 5.97 Å². The van der Waals surface area contributed by atoms with Crippen molar-refractivity contribution in [2.75, 3.05) is 13.7 Å². The van der Waals surface area contributed by atoms with E-state index in [0.29, 0.717) is 5.75 Å². The largest absolute Gasteiger partial charge is 0.497 e. The standard InChI is InChI=1S/C17H15F3O3/c1-3-23-16(21)13-9-8-11(22-2)10-14(13)12-6-4-5-7-15(12)17(18,19)20/h4-10H,3H2,1-2H3. The van der Waals surface area contributed by atoms with Crippen LogP contribution < -0.4 is 4.74 Å². The van der Waals surface area contributed by atoms with E-state index in [1.807, 2.05) is 0 Å². The summed E-state index contributed by atoms with van der Waals surface area (Å²) in [5, 5.41) is 0. The molecule has 0 N–H and O–H groups in total.